The van der Waals surface area contributed by atoms with E-state index in [2.05, 4.69) is 29.7 Å². The molecule has 0 aromatic heterocycles. The van der Waals surface area contributed by atoms with Crippen LogP contribution in [0.5, 0.6) is 5.75 Å². The van der Waals surface area contributed by atoms with Crippen LogP contribution in [0.2, 0.25) is 0 Å². The van der Waals surface area contributed by atoms with E-state index in [-0.39, 0.29) is 12.5 Å². The Kier molecular flexibility index (Phi) is 7.11. The number of aliphatic hydroxyl groups is 1. The Morgan fingerprint density at radius 1 is 1.15 bits per heavy atom. The van der Waals surface area contributed by atoms with Gasteiger partial charge >= 0.3 is 0 Å². The van der Waals surface area contributed by atoms with Gasteiger partial charge in [0.15, 0.2) is 5.96 Å². The number of benzene rings is 2. The molecule has 0 bridgehead atoms. The zero-order valence-corrected chi connectivity index (χ0v) is 15.9. The Labute approximate surface area is 161 Å². The standard InChI is InChI=1S/C22H29N3O2/c1-2-23-22(25-15-19(16-26)17-8-4-3-5-9-17)24-14-18-12-13-27-21-11-7-6-10-20(18)21/h3-11,18-19,26H,2,12-16H2,1H3,(H2,23,24,25). The minimum absolute atomic E-state index is 0.00506. The second-order valence-corrected chi connectivity index (χ2v) is 6.76. The fraction of sp³-hybridized carbons (Fsp3) is 0.409. The van der Waals surface area contributed by atoms with E-state index in [1.54, 1.807) is 0 Å². The Hall–Kier alpha value is -2.53. The largest absolute Gasteiger partial charge is 0.493 e. The van der Waals surface area contributed by atoms with Crippen LogP contribution in [0, 0.1) is 0 Å². The number of ether oxygens (including phenoxy) is 1. The molecule has 0 aliphatic carbocycles. The lowest BCUT2D eigenvalue weighted by atomic mass is 9.93. The van der Waals surface area contributed by atoms with Gasteiger partial charge < -0.3 is 20.5 Å². The predicted molar refractivity (Wildman–Crippen MR) is 110 cm³/mol. The van der Waals surface area contributed by atoms with Crippen molar-refractivity contribution in [2.75, 3.05) is 32.8 Å². The highest BCUT2D eigenvalue weighted by molar-refractivity contribution is 5.79. The molecule has 0 fully saturated rings. The van der Waals surface area contributed by atoms with Gasteiger partial charge in [-0.25, -0.2) is 0 Å². The Morgan fingerprint density at radius 3 is 2.70 bits per heavy atom. The maximum Gasteiger partial charge on any atom is 0.191 e. The van der Waals surface area contributed by atoms with Crippen molar-refractivity contribution in [1.82, 2.24) is 10.6 Å². The molecule has 3 rings (SSSR count). The van der Waals surface area contributed by atoms with Gasteiger partial charge in [0.1, 0.15) is 5.75 Å². The topological polar surface area (TPSA) is 65.9 Å². The van der Waals surface area contributed by atoms with Crippen LogP contribution in [-0.4, -0.2) is 43.9 Å². The molecule has 0 saturated carbocycles. The summed E-state index contributed by atoms with van der Waals surface area (Å²) in [5.74, 6) is 2.18. The van der Waals surface area contributed by atoms with Crippen LogP contribution in [0.25, 0.3) is 0 Å². The Morgan fingerprint density at radius 2 is 1.93 bits per heavy atom. The molecule has 2 aromatic rings. The molecule has 27 heavy (non-hydrogen) atoms. The number of hydrogen-bond acceptors (Lipinski definition) is 3. The Balaban J connectivity index is 1.63. The molecule has 0 amide bonds. The van der Waals surface area contributed by atoms with Gasteiger partial charge in [-0.1, -0.05) is 48.5 Å². The van der Waals surface area contributed by atoms with Crippen molar-refractivity contribution in [2.45, 2.75) is 25.2 Å². The van der Waals surface area contributed by atoms with Gasteiger partial charge in [-0.05, 0) is 30.5 Å². The van der Waals surface area contributed by atoms with Crippen molar-refractivity contribution in [2.24, 2.45) is 4.99 Å². The number of aliphatic imine (C=N–C) groups is 1. The molecule has 0 radical (unpaired) electrons. The molecule has 2 aromatic carbocycles. The predicted octanol–water partition coefficient (Wildman–Crippen LogP) is 2.88. The van der Waals surface area contributed by atoms with Gasteiger partial charge in [0.05, 0.1) is 19.8 Å². The van der Waals surface area contributed by atoms with Gasteiger partial charge in [0, 0.05) is 24.9 Å². The lowest BCUT2D eigenvalue weighted by molar-refractivity contribution is 0.266. The number of para-hydroxylation sites is 1. The molecule has 1 aliphatic rings. The van der Waals surface area contributed by atoms with Crippen LogP contribution in [0.1, 0.15) is 36.3 Å². The third kappa shape index (κ3) is 5.23. The molecule has 5 heteroatoms. The van der Waals surface area contributed by atoms with E-state index in [0.717, 1.165) is 43.4 Å². The third-order valence-electron chi connectivity index (χ3n) is 4.90. The Bertz CT molecular complexity index is 733. The van der Waals surface area contributed by atoms with Gasteiger partial charge in [-0.3, -0.25) is 4.99 Å². The van der Waals surface area contributed by atoms with Crippen molar-refractivity contribution in [3.05, 3.63) is 65.7 Å². The SMILES string of the molecule is CCNC(=NCC(CO)c1ccccc1)NCC1CCOc2ccccc21. The van der Waals surface area contributed by atoms with Gasteiger partial charge in [-0.2, -0.15) is 0 Å². The van der Waals surface area contributed by atoms with Crippen molar-refractivity contribution < 1.29 is 9.84 Å². The smallest absolute Gasteiger partial charge is 0.191 e. The summed E-state index contributed by atoms with van der Waals surface area (Å²) in [5, 5.41) is 16.5. The molecule has 144 valence electrons. The molecule has 0 spiro atoms. The maximum absolute atomic E-state index is 9.74. The summed E-state index contributed by atoms with van der Waals surface area (Å²) in [6, 6.07) is 18.3. The van der Waals surface area contributed by atoms with E-state index < -0.39 is 0 Å². The molecule has 3 N–H and O–H groups in total. The number of fused-ring (bicyclic) bond motifs is 1. The highest BCUT2D eigenvalue weighted by atomic mass is 16.5. The van der Waals surface area contributed by atoms with Crippen LogP contribution >= 0.6 is 0 Å². The summed E-state index contributed by atoms with van der Waals surface area (Å²) in [6.45, 7) is 5.03. The van der Waals surface area contributed by atoms with E-state index in [1.807, 2.05) is 42.5 Å². The first-order valence-corrected chi connectivity index (χ1v) is 9.71. The second-order valence-electron chi connectivity index (χ2n) is 6.76. The van der Waals surface area contributed by atoms with Gasteiger partial charge in [0.2, 0.25) is 0 Å². The van der Waals surface area contributed by atoms with E-state index in [0.29, 0.717) is 12.5 Å². The second kappa shape index (κ2) is 9.97. The molecule has 0 saturated heterocycles. The fourth-order valence-corrected chi connectivity index (χ4v) is 3.38. The van der Waals surface area contributed by atoms with Crippen LogP contribution in [0.3, 0.4) is 0 Å². The molecular weight excluding hydrogens is 338 g/mol. The number of guanidine groups is 1. The normalized spacial score (nSPS) is 17.6. The number of nitrogens with one attached hydrogen (secondary N) is 2. The maximum atomic E-state index is 9.74. The monoisotopic (exact) mass is 367 g/mol. The first-order valence-electron chi connectivity index (χ1n) is 9.71. The summed E-state index contributed by atoms with van der Waals surface area (Å²) in [6.07, 6.45) is 0.993. The van der Waals surface area contributed by atoms with Crippen LogP contribution in [-0.2, 0) is 0 Å². The van der Waals surface area contributed by atoms with Crippen molar-refractivity contribution in [3.8, 4) is 5.75 Å². The quantitative estimate of drug-likeness (QED) is 0.520. The average Bonchev–Trinajstić information content (AvgIpc) is 2.73. The van der Waals surface area contributed by atoms with Crippen molar-refractivity contribution >= 4 is 5.96 Å². The van der Waals surface area contributed by atoms with Crippen LogP contribution < -0.4 is 15.4 Å². The minimum atomic E-state index is 0.00506. The van der Waals surface area contributed by atoms with E-state index in [4.69, 9.17) is 9.73 Å². The number of nitrogens with zero attached hydrogens (tertiary/aromatic N) is 1. The lowest BCUT2D eigenvalue weighted by Gasteiger charge is -2.26. The number of hydrogen-bond donors (Lipinski definition) is 3. The third-order valence-corrected chi connectivity index (χ3v) is 4.90. The van der Waals surface area contributed by atoms with Crippen LogP contribution in [0.15, 0.2) is 59.6 Å². The van der Waals surface area contributed by atoms with Crippen molar-refractivity contribution in [1.29, 1.82) is 0 Å². The molecule has 2 atom stereocenters. The van der Waals surface area contributed by atoms with Crippen LogP contribution in [0.4, 0.5) is 0 Å². The fourth-order valence-electron chi connectivity index (χ4n) is 3.38. The minimum Gasteiger partial charge on any atom is -0.493 e. The molecular formula is C22H29N3O2. The zero-order chi connectivity index (χ0) is 18.9. The molecule has 1 heterocycles. The van der Waals surface area contributed by atoms with E-state index in [9.17, 15) is 5.11 Å². The highest BCUT2D eigenvalue weighted by Gasteiger charge is 2.21. The van der Waals surface area contributed by atoms with Crippen molar-refractivity contribution in [3.63, 3.8) is 0 Å². The van der Waals surface area contributed by atoms with E-state index in [1.165, 1.54) is 5.56 Å². The summed E-state index contributed by atoms with van der Waals surface area (Å²) < 4.78 is 5.75. The summed E-state index contributed by atoms with van der Waals surface area (Å²) in [7, 11) is 0. The van der Waals surface area contributed by atoms with E-state index >= 15 is 0 Å². The molecule has 1 aliphatic heterocycles. The molecule has 5 nitrogen and oxygen atoms in total. The highest BCUT2D eigenvalue weighted by Crippen LogP contribution is 2.32. The average molecular weight is 367 g/mol. The first-order chi connectivity index (χ1) is 13.3. The van der Waals surface area contributed by atoms with Gasteiger partial charge in [0.25, 0.3) is 0 Å². The molecule has 2 unspecified atom stereocenters. The first kappa shape index (κ1) is 19.2. The summed E-state index contributed by atoms with van der Waals surface area (Å²) in [4.78, 5) is 4.70. The summed E-state index contributed by atoms with van der Waals surface area (Å²) >= 11 is 0. The number of aliphatic hydroxyl groups excluding tert-OH is 1. The lowest BCUT2D eigenvalue weighted by Crippen LogP contribution is -2.40. The van der Waals surface area contributed by atoms with Gasteiger partial charge in [-0.15, -0.1) is 0 Å². The summed E-state index contributed by atoms with van der Waals surface area (Å²) in [5.41, 5.74) is 2.36. The number of rotatable bonds is 7. The zero-order valence-electron chi connectivity index (χ0n) is 15.9.